The van der Waals surface area contributed by atoms with Crippen LogP contribution in [0.2, 0.25) is 0 Å². The van der Waals surface area contributed by atoms with Crippen molar-refractivity contribution in [2.24, 2.45) is 0 Å². The molecular weight excluding hydrogens is 264 g/mol. The largest absolute Gasteiger partial charge is 0.340 e. The number of nitrogens with zero attached hydrogens (tertiary/aromatic N) is 1. The first-order valence-electron chi connectivity index (χ1n) is 5.60. The summed E-state index contributed by atoms with van der Waals surface area (Å²) in [6.45, 7) is 0. The van der Waals surface area contributed by atoms with Gasteiger partial charge >= 0.3 is 6.03 Å². The zero-order valence-corrected chi connectivity index (χ0v) is 10.6. The van der Waals surface area contributed by atoms with Gasteiger partial charge in [-0.15, -0.1) is 0 Å². The lowest BCUT2D eigenvalue weighted by Crippen LogP contribution is -2.45. The van der Waals surface area contributed by atoms with E-state index in [1.807, 2.05) is 10.8 Å². The number of urea groups is 1. The molecule has 2 amide bonds. The lowest BCUT2D eigenvalue weighted by atomic mass is 10.2. The third kappa shape index (κ3) is 1.86. The number of rotatable bonds is 1. The lowest BCUT2D eigenvalue weighted by molar-refractivity contribution is 0.252. The van der Waals surface area contributed by atoms with Gasteiger partial charge in [-0.3, -0.25) is 4.90 Å². The standard InChI is InChI=1S/C13H10N2O3S/c16-13-14-19(17,18)12-9-5-4-8-11(12)15(13)10-6-2-1-3-7-10/h1-9H,(H,14,16). The molecule has 5 nitrogen and oxygen atoms in total. The molecule has 0 saturated heterocycles. The molecule has 1 N–H and O–H groups in total. The summed E-state index contributed by atoms with van der Waals surface area (Å²) in [6, 6.07) is 14.6. The summed E-state index contributed by atoms with van der Waals surface area (Å²) in [6.07, 6.45) is 0. The minimum atomic E-state index is -3.77. The third-order valence-electron chi connectivity index (χ3n) is 2.83. The van der Waals surface area contributed by atoms with Crippen molar-refractivity contribution in [2.45, 2.75) is 4.90 Å². The molecule has 1 heterocycles. The van der Waals surface area contributed by atoms with Gasteiger partial charge in [-0.05, 0) is 24.3 Å². The predicted molar refractivity (Wildman–Crippen MR) is 70.7 cm³/mol. The number of carbonyl (C=O) groups excluding carboxylic acids is 1. The number of carbonyl (C=O) groups is 1. The van der Waals surface area contributed by atoms with Crippen molar-refractivity contribution in [1.29, 1.82) is 0 Å². The summed E-state index contributed by atoms with van der Waals surface area (Å²) in [5, 5.41) is 0. The van der Waals surface area contributed by atoms with Gasteiger partial charge in [0.05, 0.1) is 11.4 Å². The molecule has 0 bridgehead atoms. The molecule has 0 fully saturated rings. The SMILES string of the molecule is O=C1NS(=O)(=O)c2ccccc2N1c1ccccc1. The minimum absolute atomic E-state index is 0.0958. The van der Waals surface area contributed by atoms with Gasteiger partial charge in [0, 0.05) is 0 Å². The molecule has 0 saturated carbocycles. The molecule has 0 atom stereocenters. The van der Waals surface area contributed by atoms with Crippen LogP contribution in [0.15, 0.2) is 59.5 Å². The summed E-state index contributed by atoms with van der Waals surface area (Å²) in [5.74, 6) is 0. The summed E-state index contributed by atoms with van der Waals surface area (Å²) >= 11 is 0. The van der Waals surface area contributed by atoms with Crippen LogP contribution in [0, 0.1) is 0 Å². The molecule has 0 aliphatic carbocycles. The van der Waals surface area contributed by atoms with Crippen molar-refractivity contribution in [2.75, 3.05) is 4.90 Å². The maximum absolute atomic E-state index is 12.0. The molecule has 1 aliphatic heterocycles. The number of hydrogen-bond donors (Lipinski definition) is 1. The molecule has 0 radical (unpaired) electrons. The smallest absolute Gasteiger partial charge is 0.261 e. The maximum Gasteiger partial charge on any atom is 0.340 e. The fraction of sp³-hybridized carbons (Fsp3) is 0. The Morgan fingerprint density at radius 1 is 0.895 bits per heavy atom. The monoisotopic (exact) mass is 274 g/mol. The number of fused-ring (bicyclic) bond motifs is 1. The minimum Gasteiger partial charge on any atom is -0.261 e. The molecule has 96 valence electrons. The van der Waals surface area contributed by atoms with E-state index >= 15 is 0 Å². The normalized spacial score (nSPS) is 16.6. The number of anilines is 2. The topological polar surface area (TPSA) is 66.5 Å². The highest BCUT2D eigenvalue weighted by atomic mass is 32.2. The van der Waals surface area contributed by atoms with Crippen molar-refractivity contribution in [3.8, 4) is 0 Å². The van der Waals surface area contributed by atoms with Gasteiger partial charge in [0.2, 0.25) is 0 Å². The van der Waals surface area contributed by atoms with E-state index < -0.39 is 16.1 Å². The van der Waals surface area contributed by atoms with E-state index in [1.54, 1.807) is 42.5 Å². The highest BCUT2D eigenvalue weighted by molar-refractivity contribution is 7.90. The Labute approximate surface area is 110 Å². The zero-order valence-electron chi connectivity index (χ0n) is 9.78. The average Bonchev–Trinajstić information content (AvgIpc) is 2.39. The molecule has 2 aromatic rings. The molecular formula is C13H10N2O3S. The van der Waals surface area contributed by atoms with Crippen LogP contribution in [0.25, 0.3) is 0 Å². The van der Waals surface area contributed by atoms with Crippen LogP contribution in [0.3, 0.4) is 0 Å². The quantitative estimate of drug-likeness (QED) is 0.867. The van der Waals surface area contributed by atoms with E-state index in [2.05, 4.69) is 0 Å². The molecule has 0 spiro atoms. The number of para-hydroxylation sites is 2. The maximum atomic E-state index is 12.0. The van der Waals surface area contributed by atoms with Crippen molar-refractivity contribution in [3.63, 3.8) is 0 Å². The first-order valence-corrected chi connectivity index (χ1v) is 7.09. The van der Waals surface area contributed by atoms with Gasteiger partial charge in [-0.2, -0.15) is 0 Å². The van der Waals surface area contributed by atoms with Crippen molar-refractivity contribution >= 4 is 27.4 Å². The van der Waals surface area contributed by atoms with E-state index in [0.29, 0.717) is 11.4 Å². The van der Waals surface area contributed by atoms with Gasteiger partial charge in [0.1, 0.15) is 4.90 Å². The number of hydrogen-bond acceptors (Lipinski definition) is 3. The molecule has 0 aromatic heterocycles. The molecule has 19 heavy (non-hydrogen) atoms. The summed E-state index contributed by atoms with van der Waals surface area (Å²) < 4.78 is 25.8. The third-order valence-corrected chi connectivity index (χ3v) is 4.20. The van der Waals surface area contributed by atoms with E-state index in [4.69, 9.17) is 0 Å². The van der Waals surface area contributed by atoms with Gasteiger partial charge in [-0.1, -0.05) is 30.3 Å². The summed E-state index contributed by atoms with van der Waals surface area (Å²) in [5.41, 5.74) is 0.972. The highest BCUT2D eigenvalue weighted by Crippen LogP contribution is 2.34. The number of nitrogens with one attached hydrogen (secondary N) is 1. The average molecular weight is 274 g/mol. The van der Waals surface area contributed by atoms with Gasteiger partial charge in [0.15, 0.2) is 0 Å². The Hall–Kier alpha value is -2.34. The van der Waals surface area contributed by atoms with Crippen molar-refractivity contribution < 1.29 is 13.2 Å². The molecule has 1 aliphatic rings. The molecule has 3 rings (SSSR count). The van der Waals surface area contributed by atoms with Crippen LogP contribution in [0.5, 0.6) is 0 Å². The highest BCUT2D eigenvalue weighted by Gasteiger charge is 2.34. The molecule has 2 aromatic carbocycles. The van der Waals surface area contributed by atoms with E-state index in [-0.39, 0.29) is 4.90 Å². The van der Waals surface area contributed by atoms with E-state index in [9.17, 15) is 13.2 Å². The van der Waals surface area contributed by atoms with Crippen LogP contribution in [0.4, 0.5) is 16.2 Å². The second-order valence-corrected chi connectivity index (χ2v) is 5.70. The second kappa shape index (κ2) is 4.10. The van der Waals surface area contributed by atoms with Gasteiger partial charge in [0.25, 0.3) is 10.0 Å². The fourth-order valence-corrected chi connectivity index (χ4v) is 3.15. The lowest BCUT2D eigenvalue weighted by Gasteiger charge is -2.29. The fourth-order valence-electron chi connectivity index (χ4n) is 2.03. The predicted octanol–water partition coefficient (Wildman–Crippen LogP) is 2.24. The first-order chi connectivity index (χ1) is 9.09. The summed E-state index contributed by atoms with van der Waals surface area (Å²) in [4.78, 5) is 13.4. The van der Waals surface area contributed by atoms with Crippen LogP contribution in [-0.2, 0) is 10.0 Å². The van der Waals surface area contributed by atoms with Crippen molar-refractivity contribution in [1.82, 2.24) is 4.72 Å². The Morgan fingerprint density at radius 2 is 1.53 bits per heavy atom. The summed E-state index contributed by atoms with van der Waals surface area (Å²) in [7, 11) is -3.77. The Bertz CT molecular complexity index is 741. The Morgan fingerprint density at radius 3 is 2.26 bits per heavy atom. The van der Waals surface area contributed by atoms with Gasteiger partial charge < -0.3 is 0 Å². The Kier molecular flexibility index (Phi) is 2.53. The number of sulfonamides is 1. The van der Waals surface area contributed by atoms with Crippen LogP contribution < -0.4 is 9.62 Å². The second-order valence-electron chi connectivity index (χ2n) is 4.05. The molecule has 0 unspecified atom stereocenters. The zero-order chi connectivity index (χ0) is 13.5. The van der Waals surface area contributed by atoms with Crippen LogP contribution >= 0.6 is 0 Å². The number of benzene rings is 2. The van der Waals surface area contributed by atoms with E-state index in [1.165, 1.54) is 11.0 Å². The van der Waals surface area contributed by atoms with Crippen molar-refractivity contribution in [3.05, 3.63) is 54.6 Å². The van der Waals surface area contributed by atoms with Gasteiger partial charge in [-0.25, -0.2) is 17.9 Å². The first kappa shape index (κ1) is 11.7. The van der Waals surface area contributed by atoms with Crippen LogP contribution in [0.1, 0.15) is 0 Å². The molecule has 6 heteroatoms. The van der Waals surface area contributed by atoms with Crippen LogP contribution in [-0.4, -0.2) is 14.4 Å². The van der Waals surface area contributed by atoms with E-state index in [0.717, 1.165) is 0 Å². The Balaban J connectivity index is 2.25. The number of amides is 2.